The van der Waals surface area contributed by atoms with Crippen LogP contribution in [0.5, 0.6) is 0 Å². The summed E-state index contributed by atoms with van der Waals surface area (Å²) >= 11 is 13.6. The Labute approximate surface area is 209 Å². The van der Waals surface area contributed by atoms with E-state index in [1.807, 2.05) is 30.2 Å². The van der Waals surface area contributed by atoms with Crippen LogP contribution in [-0.2, 0) is 11.3 Å². The molecule has 180 valence electrons. The maximum absolute atomic E-state index is 12.9. The second-order valence-electron chi connectivity index (χ2n) is 8.38. The normalized spacial score (nSPS) is 15.7. The Hall–Kier alpha value is -1.81. The Balaban J connectivity index is 1.72. The SMILES string of the molecule is CCn1c(SCC(=O)N2CCN(C)CC2)nnc1[C@@H](NC(=O)c1ccc(Cl)cc1Cl)C(C)C. The summed E-state index contributed by atoms with van der Waals surface area (Å²) in [5.41, 5.74) is 0.349. The number of hydrogen-bond donors (Lipinski definition) is 1. The molecule has 1 fully saturated rings. The van der Waals surface area contributed by atoms with Gasteiger partial charge in [0.2, 0.25) is 5.91 Å². The van der Waals surface area contributed by atoms with Gasteiger partial charge in [-0.25, -0.2) is 0 Å². The van der Waals surface area contributed by atoms with Crippen molar-refractivity contribution in [3.05, 3.63) is 39.6 Å². The number of carbonyl (C=O) groups excluding carboxylic acids is 2. The number of likely N-dealkylation sites (N-methyl/N-ethyl adjacent to an activating group) is 1. The number of halogens is 2. The summed E-state index contributed by atoms with van der Waals surface area (Å²) in [6, 6.07) is 4.41. The average Bonchev–Trinajstić information content (AvgIpc) is 3.18. The van der Waals surface area contributed by atoms with Gasteiger partial charge in [0.25, 0.3) is 5.91 Å². The highest BCUT2D eigenvalue weighted by Crippen LogP contribution is 2.27. The molecule has 1 aliphatic rings. The molecule has 1 aromatic carbocycles. The zero-order valence-corrected chi connectivity index (χ0v) is 21.7. The van der Waals surface area contributed by atoms with Gasteiger partial charge in [-0.3, -0.25) is 9.59 Å². The molecule has 0 spiro atoms. The highest BCUT2D eigenvalue weighted by Gasteiger charge is 2.27. The number of carbonyl (C=O) groups is 2. The minimum absolute atomic E-state index is 0.0550. The Morgan fingerprint density at radius 2 is 1.85 bits per heavy atom. The summed E-state index contributed by atoms with van der Waals surface area (Å²) in [5.74, 6) is 0.813. The zero-order valence-electron chi connectivity index (χ0n) is 19.3. The lowest BCUT2D eigenvalue weighted by Gasteiger charge is -2.32. The molecule has 1 saturated heterocycles. The molecule has 11 heteroatoms. The maximum Gasteiger partial charge on any atom is 0.253 e. The van der Waals surface area contributed by atoms with Crippen LogP contribution >= 0.6 is 35.0 Å². The Kier molecular flexibility index (Phi) is 9.03. The first-order valence-electron chi connectivity index (χ1n) is 11.0. The zero-order chi connectivity index (χ0) is 24.1. The summed E-state index contributed by atoms with van der Waals surface area (Å²) in [6.07, 6.45) is 0. The number of thioether (sulfide) groups is 1. The fourth-order valence-corrected chi connectivity index (χ4v) is 5.04. The number of aromatic nitrogens is 3. The van der Waals surface area contributed by atoms with Crippen molar-refractivity contribution < 1.29 is 9.59 Å². The predicted molar refractivity (Wildman–Crippen MR) is 132 cm³/mol. The molecule has 2 heterocycles. The number of piperazine rings is 1. The van der Waals surface area contributed by atoms with Gasteiger partial charge in [-0.15, -0.1) is 10.2 Å². The van der Waals surface area contributed by atoms with E-state index in [1.54, 1.807) is 18.2 Å². The number of hydrogen-bond acceptors (Lipinski definition) is 6. The molecule has 0 bridgehead atoms. The highest BCUT2D eigenvalue weighted by atomic mass is 35.5. The van der Waals surface area contributed by atoms with E-state index in [4.69, 9.17) is 23.2 Å². The van der Waals surface area contributed by atoms with Crippen LogP contribution in [0.1, 0.15) is 43.0 Å². The van der Waals surface area contributed by atoms with Gasteiger partial charge in [0.05, 0.1) is 22.4 Å². The summed E-state index contributed by atoms with van der Waals surface area (Å²) in [5, 5.41) is 13.2. The van der Waals surface area contributed by atoms with E-state index in [9.17, 15) is 9.59 Å². The molecule has 33 heavy (non-hydrogen) atoms. The fraction of sp³-hybridized carbons (Fsp3) is 0.545. The van der Waals surface area contributed by atoms with E-state index in [-0.39, 0.29) is 28.8 Å². The lowest BCUT2D eigenvalue weighted by atomic mass is 10.0. The van der Waals surface area contributed by atoms with Crippen LogP contribution in [0.25, 0.3) is 0 Å². The fourth-order valence-electron chi connectivity index (χ4n) is 3.63. The van der Waals surface area contributed by atoms with Crippen molar-refractivity contribution in [3.63, 3.8) is 0 Å². The van der Waals surface area contributed by atoms with Crippen LogP contribution in [0.3, 0.4) is 0 Å². The topological polar surface area (TPSA) is 83.4 Å². The van der Waals surface area contributed by atoms with Crippen molar-refractivity contribution in [2.45, 2.75) is 38.5 Å². The lowest BCUT2D eigenvalue weighted by Crippen LogP contribution is -2.47. The molecule has 2 aromatic rings. The van der Waals surface area contributed by atoms with Gasteiger partial charge in [-0.1, -0.05) is 48.8 Å². The summed E-state index contributed by atoms with van der Waals surface area (Å²) in [6.45, 7) is 9.90. The molecule has 0 radical (unpaired) electrons. The standard InChI is InChI=1S/C22H30Cl2N6O2S/c1-5-30-20(19(14(2)3)25-21(32)16-7-6-15(23)12-17(16)24)26-27-22(30)33-13-18(31)29-10-8-28(4)9-11-29/h6-7,12,14,19H,5,8-11,13H2,1-4H3,(H,25,32)/t19-/m0/s1. The third-order valence-electron chi connectivity index (χ3n) is 5.65. The molecule has 0 unspecified atom stereocenters. The second-order valence-corrected chi connectivity index (χ2v) is 10.2. The molecular weight excluding hydrogens is 483 g/mol. The minimum atomic E-state index is -0.376. The van der Waals surface area contributed by atoms with Crippen LogP contribution in [0, 0.1) is 5.92 Å². The second kappa shape index (κ2) is 11.6. The Bertz CT molecular complexity index is 991. The molecule has 0 saturated carbocycles. The first-order chi connectivity index (χ1) is 15.7. The van der Waals surface area contributed by atoms with Gasteiger partial charge >= 0.3 is 0 Å². The van der Waals surface area contributed by atoms with Crippen molar-refractivity contribution >= 4 is 46.8 Å². The van der Waals surface area contributed by atoms with Crippen molar-refractivity contribution in [1.82, 2.24) is 29.9 Å². The lowest BCUT2D eigenvalue weighted by molar-refractivity contribution is -0.129. The molecule has 1 N–H and O–H groups in total. The number of rotatable bonds is 8. The van der Waals surface area contributed by atoms with E-state index in [1.165, 1.54) is 11.8 Å². The van der Waals surface area contributed by atoms with Gasteiger partial charge < -0.3 is 19.7 Å². The van der Waals surface area contributed by atoms with Crippen molar-refractivity contribution in [2.24, 2.45) is 5.92 Å². The third-order valence-corrected chi connectivity index (χ3v) is 7.15. The molecule has 3 rings (SSSR count). The van der Waals surface area contributed by atoms with Crippen LogP contribution in [-0.4, -0.2) is 75.4 Å². The van der Waals surface area contributed by atoms with E-state index < -0.39 is 0 Å². The first-order valence-corrected chi connectivity index (χ1v) is 12.7. The van der Waals surface area contributed by atoms with Crippen LogP contribution in [0.4, 0.5) is 0 Å². The van der Waals surface area contributed by atoms with E-state index in [0.29, 0.717) is 33.9 Å². The average molecular weight is 513 g/mol. The molecule has 1 atom stereocenters. The quantitative estimate of drug-likeness (QED) is 0.544. The highest BCUT2D eigenvalue weighted by molar-refractivity contribution is 7.99. The number of nitrogens with zero attached hydrogens (tertiary/aromatic N) is 5. The molecule has 8 nitrogen and oxygen atoms in total. The van der Waals surface area contributed by atoms with Gasteiger partial charge in [0, 0.05) is 37.7 Å². The van der Waals surface area contributed by atoms with Crippen molar-refractivity contribution in [1.29, 1.82) is 0 Å². The Morgan fingerprint density at radius 1 is 1.15 bits per heavy atom. The number of amides is 2. The van der Waals surface area contributed by atoms with Crippen molar-refractivity contribution in [2.75, 3.05) is 39.0 Å². The van der Waals surface area contributed by atoms with Gasteiger partial charge in [0.1, 0.15) is 0 Å². The Morgan fingerprint density at radius 3 is 2.45 bits per heavy atom. The first kappa shape index (κ1) is 25.8. The number of nitrogens with one attached hydrogen (secondary N) is 1. The third kappa shape index (κ3) is 6.41. The van der Waals surface area contributed by atoms with Crippen LogP contribution < -0.4 is 5.32 Å². The van der Waals surface area contributed by atoms with E-state index in [0.717, 1.165) is 26.2 Å². The molecule has 2 amide bonds. The summed E-state index contributed by atoms with van der Waals surface area (Å²) in [7, 11) is 2.06. The van der Waals surface area contributed by atoms with Gasteiger partial charge in [-0.2, -0.15) is 0 Å². The van der Waals surface area contributed by atoms with Crippen LogP contribution in [0.2, 0.25) is 10.0 Å². The van der Waals surface area contributed by atoms with Gasteiger partial charge in [0.15, 0.2) is 11.0 Å². The predicted octanol–water partition coefficient (Wildman–Crippen LogP) is 3.60. The summed E-state index contributed by atoms with van der Waals surface area (Å²) in [4.78, 5) is 29.7. The molecule has 0 aliphatic carbocycles. The maximum atomic E-state index is 12.9. The van der Waals surface area contributed by atoms with Crippen molar-refractivity contribution in [3.8, 4) is 0 Å². The molecule has 1 aliphatic heterocycles. The van der Waals surface area contributed by atoms with E-state index >= 15 is 0 Å². The monoisotopic (exact) mass is 512 g/mol. The largest absolute Gasteiger partial charge is 0.342 e. The minimum Gasteiger partial charge on any atom is -0.342 e. The van der Waals surface area contributed by atoms with Gasteiger partial charge in [-0.05, 0) is 38.1 Å². The molecule has 1 aromatic heterocycles. The molecular formula is C22H30Cl2N6O2S. The summed E-state index contributed by atoms with van der Waals surface area (Å²) < 4.78 is 1.95. The number of benzene rings is 1. The van der Waals surface area contributed by atoms with E-state index in [2.05, 4.69) is 27.5 Å². The van der Waals surface area contributed by atoms with Crippen LogP contribution in [0.15, 0.2) is 23.4 Å². The smallest absolute Gasteiger partial charge is 0.253 e.